The van der Waals surface area contributed by atoms with E-state index in [-0.39, 0.29) is 16.9 Å². The molecule has 2 atom stereocenters. The van der Waals surface area contributed by atoms with Gasteiger partial charge in [0.1, 0.15) is 11.5 Å². The highest BCUT2D eigenvalue weighted by Crippen LogP contribution is 2.50. The first-order chi connectivity index (χ1) is 16.6. The van der Waals surface area contributed by atoms with E-state index in [2.05, 4.69) is 25.1 Å². The molecule has 0 spiro atoms. The zero-order valence-electron chi connectivity index (χ0n) is 19.5. The standard InChI is InChI=1S/C26H30N6O2/c1-27-24(34)22-7-6-19(15-28-22)31-12-9-17(10-13-31)32-16-26(11-8-18(32)14-26)25-29-21-5-3-2-4-20(21)23(33)30-25/h2-7,15,17-18H,8-14,16H2,1H3,(H,27,34)(H,29,30,33). The Morgan fingerprint density at radius 1 is 1.12 bits per heavy atom. The van der Waals surface area contributed by atoms with E-state index in [9.17, 15) is 9.59 Å². The maximum absolute atomic E-state index is 12.7. The number of nitrogens with zero attached hydrogens (tertiary/aromatic N) is 4. The van der Waals surface area contributed by atoms with Gasteiger partial charge in [-0.2, -0.15) is 0 Å². The van der Waals surface area contributed by atoms with Crippen LogP contribution in [0.5, 0.6) is 0 Å². The first kappa shape index (κ1) is 21.3. The maximum Gasteiger partial charge on any atom is 0.269 e. The highest BCUT2D eigenvalue weighted by atomic mass is 16.1. The molecule has 2 saturated heterocycles. The van der Waals surface area contributed by atoms with Gasteiger partial charge in [0.2, 0.25) is 0 Å². The Morgan fingerprint density at radius 2 is 1.94 bits per heavy atom. The average Bonchev–Trinajstić information content (AvgIpc) is 3.49. The van der Waals surface area contributed by atoms with Gasteiger partial charge in [-0.3, -0.25) is 14.5 Å². The summed E-state index contributed by atoms with van der Waals surface area (Å²) < 4.78 is 0. The average molecular weight is 459 g/mol. The Balaban J connectivity index is 1.15. The van der Waals surface area contributed by atoms with Gasteiger partial charge in [0.05, 0.1) is 22.8 Å². The fraction of sp³-hybridized carbons (Fsp3) is 0.462. The fourth-order valence-electron chi connectivity index (χ4n) is 6.35. The first-order valence-corrected chi connectivity index (χ1v) is 12.2. The number of benzene rings is 1. The highest BCUT2D eigenvalue weighted by molar-refractivity contribution is 5.92. The highest BCUT2D eigenvalue weighted by Gasteiger charge is 2.53. The van der Waals surface area contributed by atoms with Crippen LogP contribution >= 0.6 is 0 Å². The molecule has 3 aromatic rings. The van der Waals surface area contributed by atoms with Crippen molar-refractivity contribution in [1.29, 1.82) is 0 Å². The number of fused-ring (bicyclic) bond motifs is 3. The van der Waals surface area contributed by atoms with E-state index in [0.29, 0.717) is 23.2 Å². The van der Waals surface area contributed by atoms with Gasteiger partial charge in [-0.05, 0) is 56.4 Å². The lowest BCUT2D eigenvalue weighted by atomic mass is 9.85. The second kappa shape index (κ2) is 8.20. The number of aromatic nitrogens is 3. The van der Waals surface area contributed by atoms with Crippen molar-refractivity contribution < 1.29 is 4.79 Å². The van der Waals surface area contributed by atoms with E-state index in [1.165, 1.54) is 6.42 Å². The zero-order valence-corrected chi connectivity index (χ0v) is 19.5. The number of pyridine rings is 1. The number of carbonyl (C=O) groups is 1. The Bertz CT molecular complexity index is 1280. The molecule has 2 N–H and O–H groups in total. The molecule has 34 heavy (non-hydrogen) atoms. The van der Waals surface area contributed by atoms with Gasteiger partial charge in [0.15, 0.2) is 0 Å². The molecule has 4 heterocycles. The van der Waals surface area contributed by atoms with E-state index in [1.54, 1.807) is 19.3 Å². The fourth-order valence-corrected chi connectivity index (χ4v) is 6.35. The van der Waals surface area contributed by atoms with Crippen LogP contribution in [-0.4, -0.2) is 64.5 Å². The number of aromatic amines is 1. The molecule has 2 bridgehead atoms. The molecule has 1 amide bonds. The van der Waals surface area contributed by atoms with Crippen molar-refractivity contribution in [3.8, 4) is 0 Å². The Labute approximate surface area is 198 Å². The summed E-state index contributed by atoms with van der Waals surface area (Å²) in [6, 6.07) is 12.5. The molecular weight excluding hydrogens is 428 g/mol. The van der Waals surface area contributed by atoms with Crippen molar-refractivity contribution in [1.82, 2.24) is 25.2 Å². The molecule has 6 rings (SSSR count). The van der Waals surface area contributed by atoms with Crippen LogP contribution in [-0.2, 0) is 5.41 Å². The van der Waals surface area contributed by atoms with Gasteiger partial charge >= 0.3 is 0 Å². The van der Waals surface area contributed by atoms with Gasteiger partial charge in [0.25, 0.3) is 11.5 Å². The summed E-state index contributed by atoms with van der Waals surface area (Å²) in [7, 11) is 1.62. The molecule has 3 aliphatic rings. The number of anilines is 1. The van der Waals surface area contributed by atoms with Crippen LogP contribution < -0.4 is 15.8 Å². The number of hydrogen-bond acceptors (Lipinski definition) is 6. The summed E-state index contributed by atoms with van der Waals surface area (Å²) in [6.07, 6.45) is 7.36. The monoisotopic (exact) mass is 458 g/mol. The summed E-state index contributed by atoms with van der Waals surface area (Å²) in [5.74, 6) is 0.714. The molecule has 8 nitrogen and oxygen atoms in total. The molecule has 3 fully saturated rings. The number of hydrogen-bond donors (Lipinski definition) is 2. The molecule has 1 aromatic carbocycles. The summed E-state index contributed by atoms with van der Waals surface area (Å²) >= 11 is 0. The van der Waals surface area contributed by atoms with Crippen molar-refractivity contribution >= 4 is 22.5 Å². The number of para-hydroxylation sites is 1. The third kappa shape index (κ3) is 3.48. The normalized spacial score (nSPS) is 25.2. The van der Waals surface area contributed by atoms with Gasteiger partial charge < -0.3 is 15.2 Å². The lowest BCUT2D eigenvalue weighted by Crippen LogP contribution is -2.49. The van der Waals surface area contributed by atoms with Crippen molar-refractivity contribution in [2.45, 2.75) is 49.6 Å². The maximum atomic E-state index is 12.7. The van der Waals surface area contributed by atoms with Crippen LogP contribution in [0.25, 0.3) is 10.9 Å². The number of likely N-dealkylation sites (tertiary alicyclic amines) is 1. The van der Waals surface area contributed by atoms with Gasteiger partial charge in [-0.25, -0.2) is 9.97 Å². The third-order valence-corrected chi connectivity index (χ3v) is 8.16. The number of H-pyrrole nitrogens is 1. The number of rotatable bonds is 4. The van der Waals surface area contributed by atoms with Crippen LogP contribution in [0.1, 0.15) is 48.4 Å². The Kier molecular flexibility index (Phi) is 5.13. The smallest absolute Gasteiger partial charge is 0.269 e. The van der Waals surface area contributed by atoms with Gasteiger partial charge in [-0.1, -0.05) is 12.1 Å². The molecule has 1 aliphatic carbocycles. The summed E-state index contributed by atoms with van der Waals surface area (Å²) in [4.78, 5) is 41.9. The van der Waals surface area contributed by atoms with E-state index in [4.69, 9.17) is 4.98 Å². The van der Waals surface area contributed by atoms with Crippen LogP contribution in [0.15, 0.2) is 47.4 Å². The van der Waals surface area contributed by atoms with E-state index < -0.39 is 0 Å². The van der Waals surface area contributed by atoms with Crippen LogP contribution in [0.4, 0.5) is 5.69 Å². The van der Waals surface area contributed by atoms with Gasteiger partial charge in [-0.15, -0.1) is 0 Å². The molecule has 1 saturated carbocycles. The topological polar surface area (TPSA) is 94.2 Å². The SMILES string of the molecule is CNC(=O)c1ccc(N2CCC(N3CC4(c5nc6ccccc6c(=O)[nH]5)CCC3C4)CC2)cn1. The number of piperidine rings is 2. The van der Waals surface area contributed by atoms with E-state index in [0.717, 1.165) is 62.3 Å². The quantitative estimate of drug-likeness (QED) is 0.624. The third-order valence-electron chi connectivity index (χ3n) is 8.16. The van der Waals surface area contributed by atoms with Crippen LogP contribution in [0, 0.1) is 0 Å². The molecule has 8 heteroatoms. The molecular formula is C26H30N6O2. The summed E-state index contributed by atoms with van der Waals surface area (Å²) in [6.45, 7) is 2.94. The predicted molar refractivity (Wildman–Crippen MR) is 131 cm³/mol. The van der Waals surface area contributed by atoms with Crippen LogP contribution in [0.2, 0.25) is 0 Å². The lowest BCUT2D eigenvalue weighted by molar-refractivity contribution is 0.0958. The minimum absolute atomic E-state index is 0.0266. The zero-order chi connectivity index (χ0) is 23.3. The van der Waals surface area contributed by atoms with Crippen molar-refractivity contribution in [2.75, 3.05) is 31.6 Å². The molecule has 0 radical (unpaired) electrons. The molecule has 2 aliphatic heterocycles. The van der Waals surface area contributed by atoms with Crippen molar-refractivity contribution in [3.63, 3.8) is 0 Å². The molecule has 2 unspecified atom stereocenters. The van der Waals surface area contributed by atoms with Crippen molar-refractivity contribution in [2.24, 2.45) is 0 Å². The Morgan fingerprint density at radius 3 is 2.71 bits per heavy atom. The number of carbonyl (C=O) groups excluding carboxylic acids is 1. The largest absolute Gasteiger partial charge is 0.370 e. The summed E-state index contributed by atoms with van der Waals surface area (Å²) in [5.41, 5.74) is 2.25. The minimum Gasteiger partial charge on any atom is -0.370 e. The predicted octanol–water partition coefficient (Wildman–Crippen LogP) is 2.45. The first-order valence-electron chi connectivity index (χ1n) is 12.2. The van der Waals surface area contributed by atoms with Crippen LogP contribution in [0.3, 0.4) is 0 Å². The lowest BCUT2D eigenvalue weighted by Gasteiger charge is -2.42. The Hall–Kier alpha value is -3.26. The van der Waals surface area contributed by atoms with Gasteiger partial charge in [0, 0.05) is 44.2 Å². The van der Waals surface area contributed by atoms with E-state index >= 15 is 0 Å². The van der Waals surface area contributed by atoms with Crippen molar-refractivity contribution in [3.05, 3.63) is 64.5 Å². The van der Waals surface area contributed by atoms with E-state index in [1.807, 2.05) is 30.3 Å². The number of nitrogens with one attached hydrogen (secondary N) is 2. The molecule has 2 aromatic heterocycles. The minimum atomic E-state index is -0.162. The second-order valence-electron chi connectivity index (χ2n) is 9.98. The number of amides is 1. The summed E-state index contributed by atoms with van der Waals surface area (Å²) in [5, 5.41) is 3.28. The second-order valence-corrected chi connectivity index (χ2v) is 9.98. The molecule has 176 valence electrons.